The summed E-state index contributed by atoms with van der Waals surface area (Å²) in [6.07, 6.45) is 2.79. The van der Waals surface area contributed by atoms with E-state index in [0.717, 1.165) is 37.2 Å². The van der Waals surface area contributed by atoms with Gasteiger partial charge < -0.3 is 14.7 Å². The number of ether oxygens (including phenoxy) is 1. The van der Waals surface area contributed by atoms with Gasteiger partial charge in [0.15, 0.2) is 0 Å². The minimum atomic E-state index is 0.157. The van der Waals surface area contributed by atoms with Crippen molar-refractivity contribution in [1.29, 1.82) is 0 Å². The Bertz CT molecular complexity index is 471. The van der Waals surface area contributed by atoms with E-state index in [1.54, 1.807) is 18.4 Å². The van der Waals surface area contributed by atoms with Crippen LogP contribution in [0.2, 0.25) is 0 Å². The van der Waals surface area contributed by atoms with Crippen molar-refractivity contribution < 1.29 is 9.84 Å². The molecule has 4 nitrogen and oxygen atoms in total. The Morgan fingerprint density at radius 1 is 1.40 bits per heavy atom. The fourth-order valence-corrected chi connectivity index (χ4v) is 4.11. The van der Waals surface area contributed by atoms with Crippen molar-refractivity contribution in [3.63, 3.8) is 0 Å². The number of aliphatic hydroxyl groups is 1. The molecule has 1 aromatic heterocycles. The third-order valence-corrected chi connectivity index (χ3v) is 5.69. The highest BCUT2D eigenvalue weighted by Gasteiger charge is 2.31. The Morgan fingerprint density at radius 3 is 2.85 bits per heavy atom. The van der Waals surface area contributed by atoms with Crippen molar-refractivity contribution in [2.24, 2.45) is 5.92 Å². The monoisotopic (exact) mass is 296 g/mol. The van der Waals surface area contributed by atoms with Gasteiger partial charge in [0.1, 0.15) is 0 Å². The summed E-state index contributed by atoms with van der Waals surface area (Å²) in [7, 11) is 1.76. The SMILES string of the molecule is COCCN1CN(CC2CC2)Cc2c1sc(CO)c2C. The Morgan fingerprint density at radius 2 is 2.20 bits per heavy atom. The molecule has 3 rings (SSSR count). The van der Waals surface area contributed by atoms with Gasteiger partial charge in [-0.15, -0.1) is 11.3 Å². The number of hydrogen-bond acceptors (Lipinski definition) is 5. The molecule has 0 atom stereocenters. The van der Waals surface area contributed by atoms with Crippen molar-refractivity contribution >= 4 is 16.3 Å². The Hall–Kier alpha value is -0.620. The predicted octanol–water partition coefficient (Wildman–Crippen LogP) is 2.18. The molecule has 0 amide bonds. The molecule has 20 heavy (non-hydrogen) atoms. The molecule has 0 radical (unpaired) electrons. The van der Waals surface area contributed by atoms with E-state index >= 15 is 0 Å². The maximum absolute atomic E-state index is 9.50. The molecule has 0 bridgehead atoms. The van der Waals surface area contributed by atoms with Crippen LogP contribution in [0.25, 0.3) is 0 Å². The zero-order valence-electron chi connectivity index (χ0n) is 12.4. The van der Waals surface area contributed by atoms with E-state index in [1.165, 1.54) is 35.5 Å². The summed E-state index contributed by atoms with van der Waals surface area (Å²) in [6, 6.07) is 0. The summed E-state index contributed by atoms with van der Waals surface area (Å²) in [6.45, 7) is 7.24. The van der Waals surface area contributed by atoms with Gasteiger partial charge in [0.25, 0.3) is 0 Å². The molecule has 1 N–H and O–H groups in total. The molecule has 0 spiro atoms. The first-order valence-electron chi connectivity index (χ1n) is 7.41. The first-order chi connectivity index (χ1) is 9.72. The summed E-state index contributed by atoms with van der Waals surface area (Å²) in [4.78, 5) is 6.09. The van der Waals surface area contributed by atoms with E-state index in [0.29, 0.717) is 0 Å². The number of hydrogen-bond donors (Lipinski definition) is 1. The van der Waals surface area contributed by atoms with Crippen LogP contribution in [-0.2, 0) is 17.9 Å². The van der Waals surface area contributed by atoms with E-state index in [4.69, 9.17) is 4.74 Å². The molecule has 1 saturated carbocycles. The van der Waals surface area contributed by atoms with Crippen molar-refractivity contribution in [2.45, 2.75) is 32.9 Å². The number of anilines is 1. The first kappa shape index (κ1) is 14.3. The number of fused-ring (bicyclic) bond motifs is 1. The van der Waals surface area contributed by atoms with Crippen molar-refractivity contribution in [1.82, 2.24) is 4.90 Å². The van der Waals surface area contributed by atoms with Gasteiger partial charge in [0, 0.05) is 37.2 Å². The molecular weight excluding hydrogens is 272 g/mol. The highest BCUT2D eigenvalue weighted by Crippen LogP contribution is 2.40. The lowest BCUT2D eigenvalue weighted by Gasteiger charge is -2.37. The maximum atomic E-state index is 9.50. The third kappa shape index (κ3) is 2.86. The van der Waals surface area contributed by atoms with Crippen LogP contribution in [0.15, 0.2) is 0 Å². The lowest BCUT2D eigenvalue weighted by Crippen LogP contribution is -2.44. The molecular formula is C15H24N2O2S. The summed E-state index contributed by atoms with van der Waals surface area (Å²) in [5.41, 5.74) is 2.71. The number of nitrogens with zero attached hydrogens (tertiary/aromatic N) is 2. The van der Waals surface area contributed by atoms with Gasteiger partial charge in [-0.2, -0.15) is 0 Å². The standard InChI is InChI=1S/C15H24N2O2S/c1-11-13-8-16(7-12-3-4-12)10-17(5-6-19-2)15(13)20-14(11)9-18/h12,18H,3-10H2,1-2H3. The molecule has 1 fully saturated rings. The second-order valence-corrected chi connectivity index (χ2v) is 7.03. The van der Waals surface area contributed by atoms with Crippen LogP contribution in [0.1, 0.15) is 28.8 Å². The van der Waals surface area contributed by atoms with Gasteiger partial charge in [-0.25, -0.2) is 0 Å². The predicted molar refractivity (Wildman–Crippen MR) is 82.2 cm³/mol. The normalized spacial score (nSPS) is 19.4. The fourth-order valence-electron chi connectivity index (χ4n) is 2.92. The van der Waals surface area contributed by atoms with E-state index in [2.05, 4.69) is 16.7 Å². The van der Waals surface area contributed by atoms with Gasteiger partial charge in [-0.05, 0) is 31.2 Å². The number of methoxy groups -OCH3 is 1. The maximum Gasteiger partial charge on any atom is 0.0971 e. The van der Waals surface area contributed by atoms with Crippen LogP contribution in [0.4, 0.5) is 5.00 Å². The summed E-state index contributed by atoms with van der Waals surface area (Å²) in [5.74, 6) is 0.914. The smallest absolute Gasteiger partial charge is 0.0971 e. The second kappa shape index (κ2) is 6.02. The first-order valence-corrected chi connectivity index (χ1v) is 8.22. The van der Waals surface area contributed by atoms with E-state index in [1.807, 2.05) is 0 Å². The molecule has 0 saturated heterocycles. The summed E-state index contributed by atoms with van der Waals surface area (Å²) in [5, 5.41) is 10.8. The Kier molecular flexibility index (Phi) is 4.31. The topological polar surface area (TPSA) is 35.9 Å². The zero-order chi connectivity index (χ0) is 14.1. The highest BCUT2D eigenvalue weighted by molar-refractivity contribution is 7.16. The minimum Gasteiger partial charge on any atom is -0.391 e. The van der Waals surface area contributed by atoms with Crippen molar-refractivity contribution in [3.05, 3.63) is 16.0 Å². The van der Waals surface area contributed by atoms with Gasteiger partial charge in [-0.1, -0.05) is 0 Å². The second-order valence-electron chi connectivity index (χ2n) is 5.94. The van der Waals surface area contributed by atoms with Crippen LogP contribution in [0.3, 0.4) is 0 Å². The van der Waals surface area contributed by atoms with Crippen LogP contribution in [-0.4, -0.2) is 43.5 Å². The molecule has 2 heterocycles. The molecule has 1 aromatic rings. The molecule has 1 aliphatic carbocycles. The van der Waals surface area contributed by atoms with Crippen LogP contribution in [0, 0.1) is 12.8 Å². The average Bonchev–Trinajstić information content (AvgIpc) is 3.20. The van der Waals surface area contributed by atoms with Crippen LogP contribution >= 0.6 is 11.3 Å². The third-order valence-electron chi connectivity index (χ3n) is 4.31. The highest BCUT2D eigenvalue weighted by atomic mass is 32.1. The number of rotatable bonds is 6. The van der Waals surface area contributed by atoms with Gasteiger partial charge >= 0.3 is 0 Å². The average molecular weight is 296 g/mol. The van der Waals surface area contributed by atoms with E-state index < -0.39 is 0 Å². The number of thiophene rings is 1. The van der Waals surface area contributed by atoms with Gasteiger partial charge in [-0.3, -0.25) is 4.90 Å². The quantitative estimate of drug-likeness (QED) is 0.873. The lowest BCUT2D eigenvalue weighted by atomic mass is 10.1. The minimum absolute atomic E-state index is 0.157. The largest absolute Gasteiger partial charge is 0.391 e. The number of aliphatic hydroxyl groups excluding tert-OH is 1. The van der Waals surface area contributed by atoms with E-state index in [9.17, 15) is 5.11 Å². The molecule has 0 unspecified atom stereocenters. The Labute approximate surface area is 125 Å². The van der Waals surface area contributed by atoms with Gasteiger partial charge in [0.2, 0.25) is 0 Å². The summed E-state index contributed by atoms with van der Waals surface area (Å²) >= 11 is 1.75. The molecule has 5 heteroatoms. The molecule has 1 aliphatic heterocycles. The summed E-state index contributed by atoms with van der Waals surface area (Å²) < 4.78 is 5.25. The fraction of sp³-hybridized carbons (Fsp3) is 0.733. The van der Waals surface area contributed by atoms with Crippen molar-refractivity contribution in [2.75, 3.05) is 38.4 Å². The van der Waals surface area contributed by atoms with Crippen LogP contribution < -0.4 is 4.90 Å². The van der Waals surface area contributed by atoms with E-state index in [-0.39, 0.29) is 6.61 Å². The van der Waals surface area contributed by atoms with Crippen LogP contribution in [0.5, 0.6) is 0 Å². The molecule has 2 aliphatic rings. The van der Waals surface area contributed by atoms with Gasteiger partial charge in [0.05, 0.1) is 24.9 Å². The lowest BCUT2D eigenvalue weighted by molar-refractivity contribution is 0.190. The molecule has 0 aromatic carbocycles. The zero-order valence-corrected chi connectivity index (χ0v) is 13.2. The molecule has 112 valence electrons. The Balaban J connectivity index is 1.82. The van der Waals surface area contributed by atoms with Crippen molar-refractivity contribution in [3.8, 4) is 0 Å².